The minimum atomic E-state index is -1.06. The maximum Gasteiger partial charge on any atom is 0.407 e. The van der Waals surface area contributed by atoms with E-state index < -0.39 is 18.0 Å². The number of nitrogens with zero attached hydrogens (tertiary/aromatic N) is 2. The van der Waals surface area contributed by atoms with Gasteiger partial charge in [-0.05, 0) is 6.07 Å². The molecule has 0 saturated carbocycles. The van der Waals surface area contributed by atoms with Gasteiger partial charge in [-0.25, -0.2) is 9.18 Å². The Bertz CT molecular complexity index is 586. The van der Waals surface area contributed by atoms with E-state index in [-0.39, 0.29) is 22.9 Å². The van der Waals surface area contributed by atoms with Crippen molar-refractivity contribution in [3.63, 3.8) is 0 Å². The van der Waals surface area contributed by atoms with Gasteiger partial charge in [0.2, 0.25) is 0 Å². The largest absolute Gasteiger partial charge is 0.485 e. The molecule has 5 nitrogen and oxygen atoms in total. The van der Waals surface area contributed by atoms with Crippen LogP contribution in [-0.2, 0) is 0 Å². The summed E-state index contributed by atoms with van der Waals surface area (Å²) in [6.07, 6.45) is 0.237. The minimum Gasteiger partial charge on any atom is -0.485 e. The summed E-state index contributed by atoms with van der Waals surface area (Å²) in [6, 6.07) is 4.02. The van der Waals surface area contributed by atoms with Crippen LogP contribution in [0.4, 0.5) is 9.18 Å². The van der Waals surface area contributed by atoms with Crippen LogP contribution in [0.15, 0.2) is 24.8 Å². The number of halogens is 2. The van der Waals surface area contributed by atoms with Gasteiger partial charge in [-0.1, -0.05) is 24.3 Å². The number of carbonyl (C=O) groups is 1. The average Bonchev–Trinajstić information content (AvgIpc) is 2.45. The van der Waals surface area contributed by atoms with Gasteiger partial charge >= 0.3 is 6.09 Å². The quantitative estimate of drug-likeness (QED) is 0.818. The molecule has 0 aliphatic rings. The van der Waals surface area contributed by atoms with Crippen molar-refractivity contribution in [2.75, 3.05) is 13.6 Å². The summed E-state index contributed by atoms with van der Waals surface area (Å²) < 4.78 is 18.8. The summed E-state index contributed by atoms with van der Waals surface area (Å²) >= 11 is 5.66. The molecule has 21 heavy (non-hydrogen) atoms. The highest BCUT2D eigenvalue weighted by atomic mass is 35.5. The second-order valence-electron chi connectivity index (χ2n) is 4.26. The minimum absolute atomic E-state index is 0.00957. The summed E-state index contributed by atoms with van der Waals surface area (Å²) in [5, 5.41) is 17.6. The van der Waals surface area contributed by atoms with Crippen LogP contribution < -0.4 is 4.74 Å². The monoisotopic (exact) mass is 312 g/mol. The maximum absolute atomic E-state index is 13.3. The molecule has 1 N–H and O–H groups in total. The predicted molar refractivity (Wildman–Crippen MR) is 76.0 cm³/mol. The fourth-order valence-electron chi connectivity index (χ4n) is 1.52. The van der Waals surface area contributed by atoms with Gasteiger partial charge in [0.15, 0.2) is 0 Å². The van der Waals surface area contributed by atoms with Crippen LogP contribution in [0.5, 0.6) is 5.75 Å². The Morgan fingerprint density at radius 2 is 2.38 bits per heavy atom. The first-order valence-corrected chi connectivity index (χ1v) is 6.39. The van der Waals surface area contributed by atoms with Crippen molar-refractivity contribution in [3.8, 4) is 11.8 Å². The first-order chi connectivity index (χ1) is 9.88. The molecule has 1 rings (SSSR count). The number of hydrogen-bond acceptors (Lipinski definition) is 3. The van der Waals surface area contributed by atoms with Crippen molar-refractivity contribution in [3.05, 3.63) is 41.2 Å². The van der Waals surface area contributed by atoms with Gasteiger partial charge in [-0.3, -0.25) is 0 Å². The molecule has 0 aliphatic heterocycles. The highest BCUT2D eigenvalue weighted by Crippen LogP contribution is 2.27. The smallest absolute Gasteiger partial charge is 0.407 e. The molecule has 7 heteroatoms. The topological polar surface area (TPSA) is 73.6 Å². The van der Waals surface area contributed by atoms with E-state index in [9.17, 15) is 9.18 Å². The van der Waals surface area contributed by atoms with Crippen molar-refractivity contribution in [2.45, 2.75) is 12.5 Å². The van der Waals surface area contributed by atoms with Gasteiger partial charge in [0.05, 0.1) is 10.6 Å². The zero-order valence-electron chi connectivity index (χ0n) is 11.3. The number of amides is 1. The van der Waals surface area contributed by atoms with Crippen molar-refractivity contribution in [1.82, 2.24) is 4.90 Å². The molecule has 0 bridgehead atoms. The number of benzene rings is 1. The third-order valence-electron chi connectivity index (χ3n) is 2.76. The van der Waals surface area contributed by atoms with Crippen molar-refractivity contribution in [1.29, 1.82) is 5.26 Å². The lowest BCUT2D eigenvalue weighted by Crippen LogP contribution is -2.29. The zero-order valence-corrected chi connectivity index (χ0v) is 12.1. The Balaban J connectivity index is 2.82. The van der Waals surface area contributed by atoms with E-state index in [4.69, 9.17) is 26.7 Å². The summed E-state index contributed by atoms with van der Waals surface area (Å²) in [4.78, 5) is 11.8. The number of hydrogen-bond donors (Lipinski definition) is 1. The fraction of sp³-hybridized carbons (Fsp3) is 0.286. The number of carboxylic acid groups (broad SMARTS) is 1. The SMILES string of the molecule is C=CC(CCN(C)C(=O)O)Oc1cc(Cl)c(F)cc1C#N. The Morgan fingerprint density at radius 3 is 2.90 bits per heavy atom. The standard InChI is InChI=1S/C14H14ClFN2O3/c1-3-10(4-5-18(2)14(19)20)21-13-7-11(15)12(16)6-9(13)8-17/h3,6-7,10H,1,4-5H2,2H3,(H,19,20). The second-order valence-corrected chi connectivity index (χ2v) is 4.67. The Morgan fingerprint density at radius 1 is 1.71 bits per heavy atom. The molecule has 0 saturated heterocycles. The first kappa shape index (κ1) is 16.8. The van der Waals surface area contributed by atoms with Crippen molar-refractivity contribution < 1.29 is 19.0 Å². The van der Waals surface area contributed by atoms with Gasteiger partial charge in [-0.15, -0.1) is 0 Å². The first-order valence-electron chi connectivity index (χ1n) is 6.01. The molecule has 1 atom stereocenters. The number of nitriles is 1. The van der Waals surface area contributed by atoms with Crippen LogP contribution in [0.25, 0.3) is 0 Å². The molecule has 0 radical (unpaired) electrons. The Labute approximate surface area is 126 Å². The lowest BCUT2D eigenvalue weighted by Gasteiger charge is -2.19. The van der Waals surface area contributed by atoms with Crippen LogP contribution in [0, 0.1) is 17.1 Å². The van der Waals surface area contributed by atoms with Crippen LogP contribution in [0.1, 0.15) is 12.0 Å². The van der Waals surface area contributed by atoms with E-state index in [1.807, 2.05) is 6.07 Å². The summed E-state index contributed by atoms with van der Waals surface area (Å²) in [5.41, 5.74) is 0.00957. The summed E-state index contributed by atoms with van der Waals surface area (Å²) in [7, 11) is 1.43. The van der Waals surface area contributed by atoms with Gasteiger partial charge in [0.25, 0.3) is 0 Å². The molecule has 1 aromatic carbocycles. The molecule has 1 amide bonds. The molecule has 112 valence electrons. The lowest BCUT2D eigenvalue weighted by molar-refractivity contribution is 0.148. The summed E-state index contributed by atoms with van der Waals surface area (Å²) in [6.45, 7) is 3.82. The molecular formula is C14H14ClFN2O3. The van der Waals surface area contributed by atoms with Crippen molar-refractivity contribution >= 4 is 17.7 Å². The zero-order chi connectivity index (χ0) is 16.0. The lowest BCUT2D eigenvalue weighted by atomic mass is 10.2. The summed E-state index contributed by atoms with van der Waals surface area (Å²) in [5.74, 6) is -0.576. The molecule has 0 fully saturated rings. The third kappa shape index (κ3) is 4.65. The molecule has 0 spiro atoms. The van der Waals surface area contributed by atoms with Crippen LogP contribution in [-0.4, -0.2) is 35.8 Å². The second kappa shape index (κ2) is 7.50. The third-order valence-corrected chi connectivity index (χ3v) is 3.05. The van der Waals surface area contributed by atoms with E-state index in [0.717, 1.165) is 11.0 Å². The van der Waals surface area contributed by atoms with Gasteiger partial charge < -0.3 is 14.7 Å². The molecule has 0 heterocycles. The van der Waals surface area contributed by atoms with Crippen LogP contribution in [0.2, 0.25) is 5.02 Å². The molecular weight excluding hydrogens is 299 g/mol. The number of rotatable bonds is 6. The average molecular weight is 313 g/mol. The van der Waals surface area contributed by atoms with Crippen LogP contribution >= 0.6 is 11.6 Å². The van der Waals surface area contributed by atoms with E-state index in [1.165, 1.54) is 19.2 Å². The van der Waals surface area contributed by atoms with Crippen molar-refractivity contribution in [2.24, 2.45) is 0 Å². The predicted octanol–water partition coefficient (Wildman–Crippen LogP) is 3.28. The Kier molecular flexibility index (Phi) is 6.00. The van der Waals surface area contributed by atoms with E-state index in [2.05, 4.69) is 6.58 Å². The molecule has 1 aromatic rings. The van der Waals surface area contributed by atoms with Gasteiger partial charge in [0.1, 0.15) is 23.7 Å². The maximum atomic E-state index is 13.3. The van der Waals surface area contributed by atoms with Crippen LogP contribution in [0.3, 0.4) is 0 Å². The molecule has 1 unspecified atom stereocenters. The fourth-order valence-corrected chi connectivity index (χ4v) is 1.67. The highest BCUT2D eigenvalue weighted by Gasteiger charge is 2.15. The van der Waals surface area contributed by atoms with E-state index >= 15 is 0 Å². The highest BCUT2D eigenvalue weighted by molar-refractivity contribution is 6.30. The molecule has 0 aliphatic carbocycles. The number of ether oxygens (including phenoxy) is 1. The van der Waals surface area contributed by atoms with Gasteiger partial charge in [-0.2, -0.15) is 5.26 Å². The Hall–Kier alpha value is -2.26. The molecule has 0 aromatic heterocycles. The van der Waals surface area contributed by atoms with Gasteiger partial charge in [0, 0.05) is 26.1 Å². The van der Waals surface area contributed by atoms with E-state index in [1.54, 1.807) is 0 Å². The normalized spacial score (nSPS) is 11.3. The van der Waals surface area contributed by atoms with E-state index in [0.29, 0.717) is 6.42 Å².